The van der Waals surface area contributed by atoms with Crippen LogP contribution in [0.15, 0.2) is 23.2 Å². The topological polar surface area (TPSA) is 66.4 Å². The average molecular weight is 360 g/mol. The second kappa shape index (κ2) is 5.57. The number of nitrogens with zero attached hydrogens (tertiary/aromatic N) is 1. The number of fused-ring (bicyclic) bond motifs is 2. The van der Waals surface area contributed by atoms with Gasteiger partial charge in [0.05, 0.1) is 5.41 Å². The van der Waals surface area contributed by atoms with Gasteiger partial charge in [0.1, 0.15) is 11.6 Å². The molecule has 2 aliphatic rings. The van der Waals surface area contributed by atoms with Crippen LogP contribution >= 0.6 is 0 Å². The van der Waals surface area contributed by atoms with E-state index in [9.17, 15) is 4.79 Å². The van der Waals surface area contributed by atoms with Gasteiger partial charge in [0.2, 0.25) is 0 Å². The lowest BCUT2D eigenvalue weighted by Gasteiger charge is -2.41. The van der Waals surface area contributed by atoms with Crippen molar-refractivity contribution in [2.24, 2.45) is 10.4 Å². The van der Waals surface area contributed by atoms with Crippen LogP contribution in [0.3, 0.4) is 0 Å². The molecule has 2 heterocycles. The summed E-state index contributed by atoms with van der Waals surface area (Å²) in [4.78, 5) is 16.7. The molecule has 6 nitrogen and oxygen atoms in total. The highest BCUT2D eigenvalue weighted by Gasteiger charge is 2.56. The molecule has 0 saturated carbocycles. The van der Waals surface area contributed by atoms with Crippen molar-refractivity contribution in [3.8, 4) is 5.75 Å². The smallest absolute Gasteiger partial charge is 0.469 e. The molecule has 0 aliphatic carbocycles. The second-order valence-electron chi connectivity index (χ2n) is 9.01. The van der Waals surface area contributed by atoms with Gasteiger partial charge < -0.3 is 18.7 Å². The standard InChI is InChI=1S/C19H27BNO5/c1-12-21-15-10-9-13(23-16(22)17(2,3)4)11-14(15)20(24-12)25-18(5,6)19(7,8)26-20/h9-11H,1-8H3/q-1. The minimum Gasteiger partial charge on any atom is -0.656 e. The molecule has 1 aromatic rings. The van der Waals surface area contributed by atoms with Crippen molar-refractivity contribution in [2.45, 2.75) is 66.6 Å². The number of rotatable bonds is 1. The molecule has 0 aromatic heterocycles. The Morgan fingerprint density at radius 1 is 1.12 bits per heavy atom. The quantitative estimate of drug-likeness (QED) is 0.436. The van der Waals surface area contributed by atoms with Gasteiger partial charge in [-0.15, -0.1) is 0 Å². The fourth-order valence-electron chi connectivity index (χ4n) is 2.98. The molecular weight excluding hydrogens is 333 g/mol. The fourth-order valence-corrected chi connectivity index (χ4v) is 2.98. The van der Waals surface area contributed by atoms with Crippen LogP contribution in [0.4, 0.5) is 5.69 Å². The molecule has 0 bridgehead atoms. The third-order valence-corrected chi connectivity index (χ3v) is 5.16. The van der Waals surface area contributed by atoms with E-state index < -0.39 is 23.4 Å². The van der Waals surface area contributed by atoms with E-state index >= 15 is 0 Å². The summed E-state index contributed by atoms with van der Waals surface area (Å²) in [5, 5.41) is 0. The number of carbonyl (C=O) groups is 1. The Bertz CT molecular complexity index is 776. The molecule has 0 radical (unpaired) electrons. The maximum absolute atomic E-state index is 12.2. The first kappa shape index (κ1) is 18.9. The molecular formula is C19H27BNO5-. The highest BCUT2D eigenvalue weighted by molar-refractivity contribution is 6.79. The van der Waals surface area contributed by atoms with E-state index in [4.69, 9.17) is 18.7 Å². The SMILES string of the molecule is CC1=Nc2ccc(OC(=O)C(C)(C)C)cc2[B-]2(O1)OC(C)(C)C(C)(C)O2. The molecule has 0 N–H and O–H groups in total. The van der Waals surface area contributed by atoms with E-state index in [2.05, 4.69) is 4.99 Å². The minimum absolute atomic E-state index is 0.315. The van der Waals surface area contributed by atoms with Crippen LogP contribution in [0, 0.1) is 5.41 Å². The molecule has 7 heteroatoms. The van der Waals surface area contributed by atoms with Gasteiger partial charge in [-0.25, -0.2) is 4.99 Å². The highest BCUT2D eigenvalue weighted by Crippen LogP contribution is 2.44. The largest absolute Gasteiger partial charge is 0.656 e. The average Bonchev–Trinajstić information content (AvgIpc) is 2.63. The van der Waals surface area contributed by atoms with Gasteiger partial charge >= 0.3 is 12.7 Å². The van der Waals surface area contributed by atoms with Crippen LogP contribution in [0.5, 0.6) is 5.75 Å². The predicted molar refractivity (Wildman–Crippen MR) is 101 cm³/mol. The van der Waals surface area contributed by atoms with Gasteiger partial charge in [0, 0.05) is 23.8 Å². The third kappa shape index (κ3) is 3.03. The van der Waals surface area contributed by atoms with Gasteiger partial charge in [-0.05, 0) is 66.7 Å². The van der Waals surface area contributed by atoms with Crippen molar-refractivity contribution in [2.75, 3.05) is 0 Å². The normalized spacial score (nSPS) is 22.4. The van der Waals surface area contributed by atoms with E-state index in [0.717, 1.165) is 0 Å². The molecule has 1 fully saturated rings. The third-order valence-electron chi connectivity index (χ3n) is 5.16. The van der Waals surface area contributed by atoms with Gasteiger partial charge in [0.25, 0.3) is 0 Å². The fraction of sp³-hybridized carbons (Fsp3) is 0.579. The molecule has 1 spiro atoms. The Morgan fingerprint density at radius 3 is 2.23 bits per heavy atom. The van der Waals surface area contributed by atoms with Gasteiger partial charge in [0.15, 0.2) is 0 Å². The van der Waals surface area contributed by atoms with E-state index in [1.54, 1.807) is 25.1 Å². The maximum Gasteiger partial charge on any atom is 0.469 e. The van der Waals surface area contributed by atoms with Crippen molar-refractivity contribution >= 4 is 29.8 Å². The zero-order valence-corrected chi connectivity index (χ0v) is 16.8. The van der Waals surface area contributed by atoms with Crippen molar-refractivity contribution in [3.05, 3.63) is 18.2 Å². The Morgan fingerprint density at radius 2 is 1.69 bits per heavy atom. The van der Waals surface area contributed by atoms with Gasteiger partial charge in [-0.3, -0.25) is 4.79 Å². The number of carbonyl (C=O) groups excluding carboxylic acids is 1. The van der Waals surface area contributed by atoms with Crippen LogP contribution in [-0.2, 0) is 18.8 Å². The number of benzene rings is 1. The van der Waals surface area contributed by atoms with Crippen molar-refractivity contribution < 1.29 is 23.5 Å². The van der Waals surface area contributed by atoms with Crippen molar-refractivity contribution in [3.63, 3.8) is 0 Å². The molecule has 1 aromatic carbocycles. The molecule has 2 aliphatic heterocycles. The summed E-state index contributed by atoms with van der Waals surface area (Å²) in [6, 6.07) is 5.24. The minimum atomic E-state index is -2.23. The molecule has 0 unspecified atom stereocenters. The lowest BCUT2D eigenvalue weighted by molar-refractivity contribution is -0.143. The molecule has 142 valence electrons. The predicted octanol–water partition coefficient (Wildman–Crippen LogP) is 3.47. The van der Waals surface area contributed by atoms with Crippen molar-refractivity contribution in [1.82, 2.24) is 0 Å². The summed E-state index contributed by atoms with van der Waals surface area (Å²) < 4.78 is 24.1. The Labute approximate surface area is 154 Å². The van der Waals surface area contributed by atoms with E-state index in [1.807, 2.05) is 48.5 Å². The van der Waals surface area contributed by atoms with Crippen LogP contribution < -0.4 is 10.2 Å². The maximum atomic E-state index is 12.2. The second-order valence-corrected chi connectivity index (χ2v) is 9.01. The number of hydrogen-bond donors (Lipinski definition) is 0. The first-order chi connectivity index (χ1) is 11.8. The zero-order valence-electron chi connectivity index (χ0n) is 16.8. The Hall–Kier alpha value is -1.86. The summed E-state index contributed by atoms with van der Waals surface area (Å²) in [6.45, 7) is 12.8. The number of aliphatic imine (C=N–C) groups is 1. The summed E-state index contributed by atoms with van der Waals surface area (Å²) >= 11 is 0. The van der Waals surface area contributed by atoms with Crippen LogP contribution in [0.25, 0.3) is 0 Å². The number of ether oxygens (including phenoxy) is 1. The molecule has 3 rings (SSSR count). The van der Waals surface area contributed by atoms with Crippen LogP contribution in [0.2, 0.25) is 0 Å². The van der Waals surface area contributed by atoms with E-state index in [-0.39, 0.29) is 5.97 Å². The molecule has 26 heavy (non-hydrogen) atoms. The van der Waals surface area contributed by atoms with Crippen LogP contribution in [-0.4, -0.2) is 29.8 Å². The summed E-state index contributed by atoms with van der Waals surface area (Å²) in [6.07, 6.45) is 0. The molecule has 0 atom stereocenters. The molecule has 0 amide bonds. The van der Waals surface area contributed by atoms with E-state index in [0.29, 0.717) is 22.8 Å². The lowest BCUT2D eigenvalue weighted by Crippen LogP contribution is -2.57. The van der Waals surface area contributed by atoms with Crippen LogP contribution in [0.1, 0.15) is 55.4 Å². The Kier molecular flexibility index (Phi) is 4.05. The van der Waals surface area contributed by atoms with Crippen molar-refractivity contribution in [1.29, 1.82) is 0 Å². The monoisotopic (exact) mass is 360 g/mol. The first-order valence-electron chi connectivity index (χ1n) is 8.91. The molecule has 1 saturated heterocycles. The Balaban J connectivity index is 2.05. The van der Waals surface area contributed by atoms with Gasteiger partial charge in [-0.2, -0.15) is 0 Å². The zero-order chi connectivity index (χ0) is 19.5. The summed E-state index contributed by atoms with van der Waals surface area (Å²) in [7, 11) is 0. The summed E-state index contributed by atoms with van der Waals surface area (Å²) in [5.74, 6) is 0.577. The number of hydrogen-bond acceptors (Lipinski definition) is 6. The highest BCUT2D eigenvalue weighted by atomic mass is 16.8. The van der Waals surface area contributed by atoms with Gasteiger partial charge in [-0.1, -0.05) is 5.46 Å². The first-order valence-corrected chi connectivity index (χ1v) is 8.91. The van der Waals surface area contributed by atoms with E-state index in [1.165, 1.54) is 0 Å². The summed E-state index contributed by atoms with van der Waals surface area (Å²) in [5.41, 5.74) is -0.403. The lowest BCUT2D eigenvalue weighted by atomic mass is 9.67. The number of esters is 1.